The van der Waals surface area contributed by atoms with Crippen LogP contribution >= 0.6 is 0 Å². The van der Waals surface area contributed by atoms with Gasteiger partial charge in [0, 0.05) is 11.8 Å². The van der Waals surface area contributed by atoms with E-state index in [1.54, 1.807) is 13.0 Å². The Kier molecular flexibility index (Phi) is 5.39. The Morgan fingerprint density at radius 1 is 1.18 bits per heavy atom. The Morgan fingerprint density at radius 3 is 2.46 bits per heavy atom. The Morgan fingerprint density at radius 2 is 1.82 bits per heavy atom. The Balaban J connectivity index is 2.09. The van der Waals surface area contributed by atoms with Crippen molar-refractivity contribution in [1.29, 1.82) is 0 Å². The number of amides is 2. The normalized spacial score (nSPS) is 16.6. The zero-order valence-electron chi connectivity index (χ0n) is 15.4. The van der Waals surface area contributed by atoms with Crippen molar-refractivity contribution in [3.05, 3.63) is 87.1 Å². The number of carbonyl (C=O) groups excluding carboxylic acids is 2. The van der Waals surface area contributed by atoms with Gasteiger partial charge in [-0.05, 0) is 18.6 Å². The molecule has 1 unspecified atom stereocenters. The fraction of sp³-hybridized carbons (Fsp3) is 0.200. The Hall–Kier alpha value is -3.68. The molecule has 1 aliphatic heterocycles. The number of esters is 1. The van der Waals surface area contributed by atoms with E-state index in [1.165, 1.54) is 30.2 Å². The number of para-hydroxylation sites is 1. The quantitative estimate of drug-likeness (QED) is 0.486. The van der Waals surface area contributed by atoms with E-state index in [1.807, 2.05) is 30.3 Å². The molecule has 3 rings (SSSR count). The Labute approximate surface area is 161 Å². The molecule has 2 amide bonds. The molecule has 8 heteroatoms. The van der Waals surface area contributed by atoms with Crippen molar-refractivity contribution in [2.24, 2.45) is 0 Å². The molecule has 28 heavy (non-hydrogen) atoms. The summed E-state index contributed by atoms with van der Waals surface area (Å²) in [5, 5.41) is 14.1. The highest BCUT2D eigenvalue weighted by Crippen LogP contribution is 2.36. The molecule has 144 valence electrons. The number of hydrogen-bond donors (Lipinski definition) is 1. The number of nitrogens with one attached hydrogen (secondary N) is 1. The lowest BCUT2D eigenvalue weighted by Gasteiger charge is -2.35. The van der Waals surface area contributed by atoms with Gasteiger partial charge in [0.15, 0.2) is 0 Å². The van der Waals surface area contributed by atoms with Crippen LogP contribution < -0.4 is 5.32 Å². The number of nitro groups is 1. The average molecular weight is 381 g/mol. The molecule has 0 bridgehead atoms. The summed E-state index contributed by atoms with van der Waals surface area (Å²) in [6.07, 6.45) is 0. The van der Waals surface area contributed by atoms with Crippen molar-refractivity contribution in [3.63, 3.8) is 0 Å². The zero-order chi connectivity index (χ0) is 20.3. The number of carbonyl (C=O) groups is 2. The van der Waals surface area contributed by atoms with Crippen LogP contribution in [0.4, 0.5) is 10.5 Å². The number of ether oxygens (including phenoxy) is 1. The summed E-state index contributed by atoms with van der Waals surface area (Å²) in [6, 6.07) is 13.9. The highest BCUT2D eigenvalue weighted by Gasteiger charge is 2.38. The third-order valence-electron chi connectivity index (χ3n) is 4.63. The maximum Gasteiger partial charge on any atom is 0.337 e. The van der Waals surface area contributed by atoms with Crippen molar-refractivity contribution in [3.8, 4) is 0 Å². The van der Waals surface area contributed by atoms with E-state index in [4.69, 9.17) is 4.74 Å². The molecule has 0 fully saturated rings. The number of benzene rings is 2. The van der Waals surface area contributed by atoms with Crippen LogP contribution in [0.25, 0.3) is 0 Å². The molecule has 0 radical (unpaired) electrons. The van der Waals surface area contributed by atoms with E-state index in [9.17, 15) is 19.7 Å². The molecule has 1 aliphatic rings. The summed E-state index contributed by atoms with van der Waals surface area (Å²) >= 11 is 0. The van der Waals surface area contributed by atoms with Gasteiger partial charge in [-0.15, -0.1) is 0 Å². The van der Waals surface area contributed by atoms with Gasteiger partial charge in [-0.1, -0.05) is 42.5 Å². The molecule has 1 N–H and O–H groups in total. The fourth-order valence-corrected chi connectivity index (χ4v) is 3.24. The lowest BCUT2D eigenvalue weighted by atomic mass is 9.93. The first kappa shape index (κ1) is 19.1. The first-order valence-electron chi connectivity index (χ1n) is 8.58. The lowest BCUT2D eigenvalue weighted by molar-refractivity contribution is -0.385. The minimum Gasteiger partial charge on any atom is -0.466 e. The van der Waals surface area contributed by atoms with Gasteiger partial charge in [-0.3, -0.25) is 15.0 Å². The van der Waals surface area contributed by atoms with Gasteiger partial charge in [-0.25, -0.2) is 9.59 Å². The lowest BCUT2D eigenvalue weighted by Crippen LogP contribution is -2.47. The molecule has 2 aromatic rings. The van der Waals surface area contributed by atoms with Crippen LogP contribution in [0, 0.1) is 10.1 Å². The third kappa shape index (κ3) is 3.57. The largest absolute Gasteiger partial charge is 0.466 e. The summed E-state index contributed by atoms with van der Waals surface area (Å²) < 4.78 is 4.90. The molecule has 1 atom stereocenters. The monoisotopic (exact) mass is 381 g/mol. The molecule has 0 spiro atoms. The maximum atomic E-state index is 12.8. The molecular formula is C20H19N3O5. The Bertz CT molecular complexity index is 955. The summed E-state index contributed by atoms with van der Waals surface area (Å²) in [5.74, 6) is -0.654. The molecule has 2 aromatic carbocycles. The van der Waals surface area contributed by atoms with Gasteiger partial charge < -0.3 is 10.1 Å². The van der Waals surface area contributed by atoms with Gasteiger partial charge >= 0.3 is 12.0 Å². The van der Waals surface area contributed by atoms with Gasteiger partial charge in [0.1, 0.15) is 0 Å². The molecular weight excluding hydrogens is 362 g/mol. The van der Waals surface area contributed by atoms with Gasteiger partial charge in [0.2, 0.25) is 0 Å². The first-order valence-corrected chi connectivity index (χ1v) is 8.58. The number of hydrogen-bond acceptors (Lipinski definition) is 5. The molecule has 1 heterocycles. The van der Waals surface area contributed by atoms with Crippen LogP contribution in [0.15, 0.2) is 65.9 Å². The third-order valence-corrected chi connectivity index (χ3v) is 4.63. The number of rotatable bonds is 5. The topological polar surface area (TPSA) is 102 Å². The molecule has 0 aliphatic carbocycles. The summed E-state index contributed by atoms with van der Waals surface area (Å²) in [4.78, 5) is 37.6. The predicted molar refractivity (Wildman–Crippen MR) is 101 cm³/mol. The second kappa shape index (κ2) is 7.91. The second-order valence-corrected chi connectivity index (χ2v) is 6.26. The van der Waals surface area contributed by atoms with E-state index in [2.05, 4.69) is 5.32 Å². The standard InChI is InChI=1S/C20H19N3O5/c1-13-17(19(24)28-2)18(15-10-6-7-11-16(15)23(26)27)21-20(25)22(13)12-14-8-4-3-5-9-14/h3-11,18H,12H2,1-2H3,(H,21,25). The van der Waals surface area contributed by atoms with Crippen molar-refractivity contribution >= 4 is 17.7 Å². The van der Waals surface area contributed by atoms with E-state index in [0.717, 1.165) is 5.56 Å². The van der Waals surface area contributed by atoms with E-state index < -0.39 is 23.0 Å². The first-order chi connectivity index (χ1) is 13.4. The van der Waals surface area contributed by atoms with Crippen molar-refractivity contribution < 1.29 is 19.2 Å². The zero-order valence-corrected chi connectivity index (χ0v) is 15.4. The van der Waals surface area contributed by atoms with Crippen LogP contribution in [0.2, 0.25) is 0 Å². The number of allylic oxidation sites excluding steroid dienone is 1. The van der Waals surface area contributed by atoms with E-state index in [0.29, 0.717) is 5.70 Å². The van der Waals surface area contributed by atoms with Crippen LogP contribution in [-0.4, -0.2) is 28.9 Å². The summed E-state index contributed by atoms with van der Waals surface area (Å²) in [7, 11) is 1.23. The van der Waals surface area contributed by atoms with Crippen LogP contribution in [0.5, 0.6) is 0 Å². The molecule has 0 saturated carbocycles. The van der Waals surface area contributed by atoms with Crippen LogP contribution in [0.3, 0.4) is 0 Å². The fourth-order valence-electron chi connectivity index (χ4n) is 3.24. The summed E-state index contributed by atoms with van der Waals surface area (Å²) in [6.45, 7) is 1.89. The van der Waals surface area contributed by atoms with Crippen molar-refractivity contribution in [1.82, 2.24) is 10.2 Å². The molecule has 8 nitrogen and oxygen atoms in total. The summed E-state index contributed by atoms with van der Waals surface area (Å²) in [5.41, 5.74) is 1.47. The average Bonchev–Trinajstić information content (AvgIpc) is 2.71. The van der Waals surface area contributed by atoms with E-state index >= 15 is 0 Å². The number of nitro benzene ring substituents is 1. The van der Waals surface area contributed by atoms with Gasteiger partial charge in [-0.2, -0.15) is 0 Å². The van der Waals surface area contributed by atoms with Gasteiger partial charge in [0.05, 0.1) is 35.8 Å². The highest BCUT2D eigenvalue weighted by atomic mass is 16.6. The van der Waals surface area contributed by atoms with Crippen LogP contribution in [-0.2, 0) is 16.1 Å². The SMILES string of the molecule is COC(=O)C1=C(C)N(Cc2ccccc2)C(=O)NC1c1ccccc1[N+](=O)[O-]. The number of urea groups is 1. The maximum absolute atomic E-state index is 12.8. The number of methoxy groups -OCH3 is 1. The number of nitrogens with zero attached hydrogens (tertiary/aromatic N) is 2. The van der Waals surface area contributed by atoms with E-state index in [-0.39, 0.29) is 23.4 Å². The molecule has 0 aromatic heterocycles. The second-order valence-electron chi connectivity index (χ2n) is 6.26. The predicted octanol–water partition coefficient (Wildman–Crippen LogP) is 3.31. The van der Waals surface area contributed by atoms with Crippen molar-refractivity contribution in [2.45, 2.75) is 19.5 Å². The van der Waals surface area contributed by atoms with Crippen molar-refractivity contribution in [2.75, 3.05) is 7.11 Å². The molecule has 0 saturated heterocycles. The minimum absolute atomic E-state index is 0.160. The highest BCUT2D eigenvalue weighted by molar-refractivity contribution is 5.95. The smallest absolute Gasteiger partial charge is 0.337 e. The van der Waals surface area contributed by atoms with Crippen LogP contribution in [0.1, 0.15) is 24.1 Å². The van der Waals surface area contributed by atoms with Gasteiger partial charge in [0.25, 0.3) is 5.69 Å². The minimum atomic E-state index is -0.978.